The van der Waals surface area contributed by atoms with Gasteiger partial charge in [0.1, 0.15) is 0 Å². The highest BCUT2D eigenvalue weighted by atomic mass is 32.2. The van der Waals surface area contributed by atoms with Crippen LogP contribution in [-0.4, -0.2) is 26.2 Å². The van der Waals surface area contributed by atoms with Crippen LogP contribution in [0.15, 0.2) is 0 Å². The van der Waals surface area contributed by atoms with Crippen molar-refractivity contribution in [1.82, 2.24) is 0 Å². The Hall–Kier alpha value is -0.0900. The van der Waals surface area contributed by atoms with Crippen molar-refractivity contribution >= 4 is 9.84 Å². The molecule has 0 aromatic heterocycles. The molecule has 0 aromatic rings. The maximum absolute atomic E-state index is 11.2. The summed E-state index contributed by atoms with van der Waals surface area (Å²) in [5.74, 6) is 0.303. The van der Waals surface area contributed by atoms with Gasteiger partial charge in [-0.2, -0.15) is 0 Å². The summed E-state index contributed by atoms with van der Waals surface area (Å²) < 4.78 is 27.6. The van der Waals surface area contributed by atoms with Gasteiger partial charge in [-0.1, -0.05) is 0 Å². The van der Waals surface area contributed by atoms with Crippen LogP contribution in [0.25, 0.3) is 0 Å². The molecule has 3 nitrogen and oxygen atoms in total. The summed E-state index contributed by atoms with van der Waals surface area (Å²) in [4.78, 5) is 0. The van der Waals surface area contributed by atoms with Crippen LogP contribution in [0.1, 0.15) is 26.2 Å². The van der Waals surface area contributed by atoms with Crippen LogP contribution >= 0.6 is 0 Å². The minimum Gasteiger partial charge on any atom is -0.363 e. The van der Waals surface area contributed by atoms with E-state index in [1.165, 1.54) is 0 Å². The predicted molar refractivity (Wildman–Crippen MR) is 43.1 cm³/mol. The Kier molecular flexibility index (Phi) is 2.90. The molecule has 0 radical (unpaired) electrons. The second-order valence-corrected chi connectivity index (χ2v) is 5.01. The van der Waals surface area contributed by atoms with E-state index in [1.54, 1.807) is 0 Å². The van der Waals surface area contributed by atoms with E-state index in [0.29, 0.717) is 18.8 Å². The SMILES string of the molecule is CCOC1CCCCS1(=O)=O. The van der Waals surface area contributed by atoms with E-state index in [1.807, 2.05) is 6.92 Å². The molecule has 11 heavy (non-hydrogen) atoms. The zero-order chi connectivity index (χ0) is 8.32. The number of hydrogen-bond donors (Lipinski definition) is 0. The third kappa shape index (κ3) is 2.17. The molecule has 4 heteroatoms. The molecule has 0 amide bonds. The largest absolute Gasteiger partial charge is 0.363 e. The molecule has 0 aromatic carbocycles. The second-order valence-electron chi connectivity index (χ2n) is 2.75. The first-order chi connectivity index (χ1) is 5.17. The lowest BCUT2D eigenvalue weighted by Gasteiger charge is -2.21. The molecule has 66 valence electrons. The van der Waals surface area contributed by atoms with Gasteiger partial charge in [0.25, 0.3) is 0 Å². The van der Waals surface area contributed by atoms with E-state index in [0.717, 1.165) is 12.8 Å². The summed E-state index contributed by atoms with van der Waals surface area (Å²) in [5.41, 5.74) is -0.513. The van der Waals surface area contributed by atoms with E-state index in [4.69, 9.17) is 4.74 Å². The molecule has 0 N–H and O–H groups in total. The summed E-state index contributed by atoms with van der Waals surface area (Å²) in [6, 6.07) is 0. The van der Waals surface area contributed by atoms with Crippen LogP contribution in [0.2, 0.25) is 0 Å². The first kappa shape index (κ1) is 9.00. The highest BCUT2D eigenvalue weighted by Crippen LogP contribution is 2.19. The van der Waals surface area contributed by atoms with Gasteiger partial charge in [-0.05, 0) is 26.2 Å². The lowest BCUT2D eigenvalue weighted by Crippen LogP contribution is -2.30. The number of sulfone groups is 1. The lowest BCUT2D eigenvalue weighted by atomic mass is 10.2. The highest BCUT2D eigenvalue weighted by molar-refractivity contribution is 7.91. The van der Waals surface area contributed by atoms with Crippen LogP contribution < -0.4 is 0 Å². The van der Waals surface area contributed by atoms with Gasteiger partial charge in [0, 0.05) is 6.61 Å². The predicted octanol–water partition coefficient (Wildman–Crippen LogP) is 0.948. The number of hydrogen-bond acceptors (Lipinski definition) is 3. The van der Waals surface area contributed by atoms with Gasteiger partial charge in [0.2, 0.25) is 0 Å². The first-order valence-electron chi connectivity index (χ1n) is 4.00. The lowest BCUT2D eigenvalue weighted by molar-refractivity contribution is 0.106. The van der Waals surface area contributed by atoms with Crippen molar-refractivity contribution in [2.45, 2.75) is 31.6 Å². The molecular formula is C7H14O3S. The van der Waals surface area contributed by atoms with Crippen molar-refractivity contribution in [3.63, 3.8) is 0 Å². The van der Waals surface area contributed by atoms with Gasteiger partial charge in [0.05, 0.1) is 5.75 Å². The van der Waals surface area contributed by atoms with E-state index in [-0.39, 0.29) is 0 Å². The van der Waals surface area contributed by atoms with Crippen molar-refractivity contribution in [1.29, 1.82) is 0 Å². The Bertz CT molecular complexity index is 206. The molecule has 0 bridgehead atoms. The zero-order valence-corrected chi connectivity index (χ0v) is 7.56. The fraction of sp³-hybridized carbons (Fsp3) is 1.00. The molecule has 1 saturated heterocycles. The molecule has 1 atom stereocenters. The van der Waals surface area contributed by atoms with Gasteiger partial charge in [-0.15, -0.1) is 0 Å². The summed E-state index contributed by atoms with van der Waals surface area (Å²) >= 11 is 0. The summed E-state index contributed by atoms with van der Waals surface area (Å²) in [6.45, 7) is 2.31. The summed E-state index contributed by atoms with van der Waals surface area (Å²) in [5, 5.41) is 0. The standard InChI is InChI=1S/C7H14O3S/c1-2-10-7-5-3-4-6-11(7,8)9/h7H,2-6H2,1H3. The molecule has 1 rings (SSSR count). The molecule has 1 unspecified atom stereocenters. The zero-order valence-electron chi connectivity index (χ0n) is 6.75. The van der Waals surface area contributed by atoms with Crippen LogP contribution in [-0.2, 0) is 14.6 Å². The Labute approximate surface area is 67.7 Å². The average molecular weight is 178 g/mol. The van der Waals surface area contributed by atoms with E-state index < -0.39 is 15.3 Å². The molecule has 0 saturated carbocycles. The Balaban J connectivity index is 2.60. The first-order valence-corrected chi connectivity index (χ1v) is 5.71. The van der Waals surface area contributed by atoms with Crippen LogP contribution in [0, 0.1) is 0 Å². The summed E-state index contributed by atoms with van der Waals surface area (Å²) in [6.07, 6.45) is 2.45. The average Bonchev–Trinajstić information content (AvgIpc) is 1.94. The van der Waals surface area contributed by atoms with Crippen molar-refractivity contribution in [3.05, 3.63) is 0 Å². The maximum atomic E-state index is 11.2. The molecular weight excluding hydrogens is 164 g/mol. The molecule has 0 spiro atoms. The van der Waals surface area contributed by atoms with Crippen molar-refractivity contribution in [3.8, 4) is 0 Å². The number of ether oxygens (including phenoxy) is 1. The molecule has 1 fully saturated rings. The van der Waals surface area contributed by atoms with Gasteiger partial charge < -0.3 is 4.74 Å². The number of rotatable bonds is 2. The monoisotopic (exact) mass is 178 g/mol. The fourth-order valence-electron chi connectivity index (χ4n) is 1.30. The van der Waals surface area contributed by atoms with Crippen molar-refractivity contribution in [2.24, 2.45) is 0 Å². The van der Waals surface area contributed by atoms with Crippen LogP contribution in [0.3, 0.4) is 0 Å². The topological polar surface area (TPSA) is 43.4 Å². The third-order valence-corrected chi connectivity index (χ3v) is 3.90. The second kappa shape index (κ2) is 3.54. The highest BCUT2D eigenvalue weighted by Gasteiger charge is 2.28. The van der Waals surface area contributed by atoms with Gasteiger partial charge in [-0.25, -0.2) is 8.42 Å². The van der Waals surface area contributed by atoms with E-state index in [2.05, 4.69) is 0 Å². The Morgan fingerprint density at radius 2 is 2.18 bits per heavy atom. The van der Waals surface area contributed by atoms with Crippen LogP contribution in [0.4, 0.5) is 0 Å². The van der Waals surface area contributed by atoms with E-state index in [9.17, 15) is 8.42 Å². The normalized spacial score (nSPS) is 30.1. The quantitative estimate of drug-likeness (QED) is 0.632. The molecule has 1 heterocycles. The van der Waals surface area contributed by atoms with Gasteiger partial charge >= 0.3 is 0 Å². The minimum atomic E-state index is -2.91. The smallest absolute Gasteiger partial charge is 0.177 e. The molecule has 1 aliphatic heterocycles. The maximum Gasteiger partial charge on any atom is 0.177 e. The Morgan fingerprint density at radius 1 is 1.45 bits per heavy atom. The third-order valence-electron chi connectivity index (χ3n) is 1.87. The van der Waals surface area contributed by atoms with Gasteiger partial charge in [-0.3, -0.25) is 0 Å². The minimum absolute atomic E-state index is 0.303. The fourth-order valence-corrected chi connectivity index (χ4v) is 3.04. The van der Waals surface area contributed by atoms with Crippen molar-refractivity contribution < 1.29 is 13.2 Å². The van der Waals surface area contributed by atoms with E-state index >= 15 is 0 Å². The Morgan fingerprint density at radius 3 is 2.73 bits per heavy atom. The van der Waals surface area contributed by atoms with Crippen LogP contribution in [0.5, 0.6) is 0 Å². The van der Waals surface area contributed by atoms with Gasteiger partial charge in [0.15, 0.2) is 15.3 Å². The van der Waals surface area contributed by atoms with Crippen molar-refractivity contribution in [2.75, 3.05) is 12.4 Å². The molecule has 1 aliphatic rings. The summed E-state index contributed by atoms with van der Waals surface area (Å²) in [7, 11) is -2.91. The molecule has 0 aliphatic carbocycles.